The standard InChI is InChI=1S/C21H16ClN5O3S2/c22-18-4-2-1-3-17(18)19(28)24-20-25-26-21(31-20)32(29,30)27-16-7-5-14(6-8-16)13-15-9-11-23-12-10-15/h1-12,27H,13H2,(H,24,25,28). The molecule has 11 heteroatoms. The highest BCUT2D eigenvalue weighted by Crippen LogP contribution is 2.24. The van der Waals surface area contributed by atoms with Crippen LogP contribution in [0.2, 0.25) is 5.02 Å². The minimum atomic E-state index is -3.96. The van der Waals surface area contributed by atoms with E-state index in [1.165, 1.54) is 0 Å². The molecule has 0 unspecified atom stereocenters. The third-order valence-electron chi connectivity index (χ3n) is 4.34. The van der Waals surface area contributed by atoms with E-state index in [4.69, 9.17) is 11.6 Å². The second kappa shape index (κ2) is 9.43. The van der Waals surface area contributed by atoms with Crippen molar-refractivity contribution >= 4 is 49.7 Å². The molecule has 4 rings (SSSR count). The number of rotatable bonds is 7. The molecule has 0 aliphatic heterocycles. The van der Waals surface area contributed by atoms with E-state index in [-0.39, 0.29) is 20.1 Å². The molecule has 2 N–H and O–H groups in total. The van der Waals surface area contributed by atoms with Crippen molar-refractivity contribution in [1.29, 1.82) is 0 Å². The third kappa shape index (κ3) is 5.28. The van der Waals surface area contributed by atoms with Crippen LogP contribution < -0.4 is 10.0 Å². The molecule has 0 radical (unpaired) electrons. The van der Waals surface area contributed by atoms with Gasteiger partial charge in [-0.05, 0) is 53.9 Å². The average molecular weight is 486 g/mol. The van der Waals surface area contributed by atoms with E-state index in [1.807, 2.05) is 24.3 Å². The van der Waals surface area contributed by atoms with Gasteiger partial charge in [0.25, 0.3) is 20.3 Å². The predicted octanol–water partition coefficient (Wildman–Crippen LogP) is 4.23. The zero-order chi connectivity index (χ0) is 22.6. The van der Waals surface area contributed by atoms with Crippen molar-refractivity contribution in [2.24, 2.45) is 0 Å². The Morgan fingerprint density at radius 1 is 0.938 bits per heavy atom. The first kappa shape index (κ1) is 21.9. The number of hydrogen-bond donors (Lipinski definition) is 2. The Labute approximate surface area is 193 Å². The van der Waals surface area contributed by atoms with Crippen molar-refractivity contribution < 1.29 is 13.2 Å². The number of anilines is 2. The second-order valence-corrected chi connectivity index (χ2v) is 9.88. The highest BCUT2D eigenvalue weighted by atomic mass is 35.5. The molecule has 0 fully saturated rings. The Morgan fingerprint density at radius 3 is 2.34 bits per heavy atom. The van der Waals surface area contributed by atoms with Gasteiger partial charge in [0, 0.05) is 18.1 Å². The molecule has 2 aromatic carbocycles. The van der Waals surface area contributed by atoms with Crippen LogP contribution in [0, 0.1) is 0 Å². The summed E-state index contributed by atoms with van der Waals surface area (Å²) in [6, 6.07) is 17.4. The monoisotopic (exact) mass is 485 g/mol. The van der Waals surface area contributed by atoms with E-state index >= 15 is 0 Å². The quantitative estimate of drug-likeness (QED) is 0.378. The van der Waals surface area contributed by atoms with Crippen molar-refractivity contribution in [2.75, 3.05) is 10.0 Å². The maximum atomic E-state index is 12.7. The molecule has 0 aliphatic rings. The Balaban J connectivity index is 1.42. The number of hydrogen-bond acceptors (Lipinski definition) is 7. The number of carbonyl (C=O) groups is 1. The van der Waals surface area contributed by atoms with Gasteiger partial charge in [-0.2, -0.15) is 8.42 Å². The van der Waals surface area contributed by atoms with Crippen LogP contribution >= 0.6 is 22.9 Å². The Bertz CT molecular complexity index is 1340. The smallest absolute Gasteiger partial charge is 0.291 e. The van der Waals surface area contributed by atoms with Crippen molar-refractivity contribution in [3.8, 4) is 0 Å². The molecule has 162 valence electrons. The van der Waals surface area contributed by atoms with Crippen LogP contribution in [0.15, 0.2) is 77.4 Å². The predicted molar refractivity (Wildman–Crippen MR) is 124 cm³/mol. The molecule has 0 bridgehead atoms. The minimum absolute atomic E-state index is 0.0444. The lowest BCUT2D eigenvalue weighted by molar-refractivity contribution is 0.102. The van der Waals surface area contributed by atoms with Gasteiger partial charge < -0.3 is 0 Å². The van der Waals surface area contributed by atoms with Crippen LogP contribution in [0.1, 0.15) is 21.5 Å². The summed E-state index contributed by atoms with van der Waals surface area (Å²) in [5, 5.41) is 10.3. The van der Waals surface area contributed by atoms with Crippen LogP contribution in [0.4, 0.5) is 10.8 Å². The summed E-state index contributed by atoms with van der Waals surface area (Å²) < 4.78 is 27.5. The number of nitrogens with zero attached hydrogens (tertiary/aromatic N) is 3. The highest BCUT2D eigenvalue weighted by molar-refractivity contribution is 7.94. The Hall–Kier alpha value is -3.34. The fourth-order valence-electron chi connectivity index (χ4n) is 2.80. The van der Waals surface area contributed by atoms with Crippen LogP contribution in [-0.4, -0.2) is 29.5 Å². The van der Waals surface area contributed by atoms with Crippen LogP contribution in [-0.2, 0) is 16.4 Å². The number of pyridine rings is 1. The van der Waals surface area contributed by atoms with Gasteiger partial charge in [0.2, 0.25) is 5.13 Å². The van der Waals surface area contributed by atoms with Gasteiger partial charge in [-0.3, -0.25) is 19.8 Å². The molecule has 0 spiro atoms. The average Bonchev–Trinajstić information content (AvgIpc) is 3.25. The zero-order valence-electron chi connectivity index (χ0n) is 16.4. The van der Waals surface area contributed by atoms with Crippen molar-refractivity contribution in [3.63, 3.8) is 0 Å². The topological polar surface area (TPSA) is 114 Å². The summed E-state index contributed by atoms with van der Waals surface area (Å²) in [7, 11) is -3.96. The molecule has 4 aromatic rings. The summed E-state index contributed by atoms with van der Waals surface area (Å²) in [6.07, 6.45) is 4.16. The van der Waals surface area contributed by atoms with Gasteiger partial charge >= 0.3 is 0 Å². The minimum Gasteiger partial charge on any atom is -0.296 e. The number of aromatic nitrogens is 3. The third-order valence-corrected chi connectivity index (χ3v) is 7.26. The first-order valence-corrected chi connectivity index (χ1v) is 12.0. The zero-order valence-corrected chi connectivity index (χ0v) is 18.8. The van der Waals surface area contributed by atoms with Gasteiger partial charge in [-0.25, -0.2) is 0 Å². The van der Waals surface area contributed by atoms with Gasteiger partial charge in [0.1, 0.15) is 0 Å². The number of sulfonamides is 1. The lowest BCUT2D eigenvalue weighted by Gasteiger charge is -2.07. The number of halogens is 1. The van der Waals surface area contributed by atoms with Crippen molar-refractivity contribution in [3.05, 3.63) is 94.8 Å². The van der Waals surface area contributed by atoms with Crippen LogP contribution in [0.5, 0.6) is 0 Å². The summed E-state index contributed by atoms with van der Waals surface area (Å²) in [6.45, 7) is 0. The van der Waals surface area contributed by atoms with E-state index in [0.29, 0.717) is 12.1 Å². The maximum Gasteiger partial charge on any atom is 0.291 e. The van der Waals surface area contributed by atoms with Crippen molar-refractivity contribution in [2.45, 2.75) is 10.8 Å². The van der Waals surface area contributed by atoms with Gasteiger partial charge in [-0.15, -0.1) is 10.2 Å². The van der Waals surface area contributed by atoms with Gasteiger partial charge in [0.15, 0.2) is 0 Å². The van der Waals surface area contributed by atoms with Gasteiger partial charge in [-0.1, -0.05) is 47.2 Å². The summed E-state index contributed by atoms with van der Waals surface area (Å²) >= 11 is 6.75. The highest BCUT2D eigenvalue weighted by Gasteiger charge is 2.22. The number of amides is 1. The fourth-order valence-corrected chi connectivity index (χ4v) is 4.98. The molecular formula is C21H16ClN5O3S2. The lowest BCUT2D eigenvalue weighted by Crippen LogP contribution is -2.12. The molecule has 2 heterocycles. The molecule has 0 aliphatic carbocycles. The first-order chi connectivity index (χ1) is 15.4. The summed E-state index contributed by atoms with van der Waals surface area (Å²) in [4.78, 5) is 16.3. The Kier molecular flexibility index (Phi) is 6.45. The molecule has 8 nitrogen and oxygen atoms in total. The molecule has 2 aromatic heterocycles. The van der Waals surface area contributed by atoms with E-state index in [9.17, 15) is 13.2 Å². The molecule has 0 atom stereocenters. The van der Waals surface area contributed by atoms with Crippen LogP contribution in [0.3, 0.4) is 0 Å². The number of carbonyl (C=O) groups excluding carboxylic acids is 1. The molecule has 0 saturated heterocycles. The van der Waals surface area contributed by atoms with Crippen LogP contribution in [0.25, 0.3) is 0 Å². The maximum absolute atomic E-state index is 12.7. The summed E-state index contributed by atoms with van der Waals surface area (Å²) in [5.41, 5.74) is 2.77. The molecule has 32 heavy (non-hydrogen) atoms. The number of nitrogens with one attached hydrogen (secondary N) is 2. The SMILES string of the molecule is O=C(Nc1nnc(S(=O)(=O)Nc2ccc(Cc3ccncc3)cc2)s1)c1ccccc1Cl. The van der Waals surface area contributed by atoms with Crippen molar-refractivity contribution in [1.82, 2.24) is 15.2 Å². The van der Waals surface area contributed by atoms with E-state index in [1.54, 1.807) is 48.8 Å². The molecular weight excluding hydrogens is 470 g/mol. The van der Waals surface area contributed by atoms with E-state index in [0.717, 1.165) is 22.5 Å². The largest absolute Gasteiger partial charge is 0.296 e. The first-order valence-electron chi connectivity index (χ1n) is 9.31. The normalized spacial score (nSPS) is 11.2. The Morgan fingerprint density at radius 2 is 1.62 bits per heavy atom. The van der Waals surface area contributed by atoms with E-state index in [2.05, 4.69) is 25.2 Å². The summed E-state index contributed by atoms with van der Waals surface area (Å²) in [5.74, 6) is -0.506. The molecule has 1 amide bonds. The van der Waals surface area contributed by atoms with Gasteiger partial charge in [0.05, 0.1) is 10.6 Å². The molecule has 0 saturated carbocycles. The lowest BCUT2D eigenvalue weighted by atomic mass is 10.1. The van der Waals surface area contributed by atoms with E-state index < -0.39 is 15.9 Å². The second-order valence-electron chi connectivity index (χ2n) is 6.64. The number of benzene rings is 2. The fraction of sp³-hybridized carbons (Fsp3) is 0.0476.